The van der Waals surface area contributed by atoms with Crippen molar-refractivity contribution in [1.82, 2.24) is 9.97 Å². The molecule has 2 aromatic rings. The van der Waals surface area contributed by atoms with Crippen molar-refractivity contribution in [2.75, 3.05) is 18.1 Å². The molecule has 0 aromatic carbocycles. The first-order valence-electron chi connectivity index (χ1n) is 7.54. The average Bonchev–Trinajstić information content (AvgIpc) is 3.14. The highest BCUT2D eigenvalue weighted by atomic mass is 32.1. The third-order valence-corrected chi connectivity index (χ3v) is 4.49. The summed E-state index contributed by atoms with van der Waals surface area (Å²) in [6.07, 6.45) is -6.63. The third kappa shape index (κ3) is 6.62. The molecule has 2 heterocycles. The van der Waals surface area contributed by atoms with Gasteiger partial charge >= 0.3 is 24.3 Å². The van der Waals surface area contributed by atoms with Gasteiger partial charge in [0.15, 0.2) is 0 Å². The van der Waals surface area contributed by atoms with E-state index in [9.17, 15) is 26.3 Å². The summed E-state index contributed by atoms with van der Waals surface area (Å²) in [6.45, 7) is 0. The van der Waals surface area contributed by atoms with Crippen LogP contribution in [-0.4, -0.2) is 51.5 Å². The molecule has 162 valence electrons. The van der Waals surface area contributed by atoms with Crippen molar-refractivity contribution in [3.05, 3.63) is 10.4 Å². The van der Waals surface area contributed by atoms with Crippen molar-refractivity contribution in [2.45, 2.75) is 31.6 Å². The average molecular weight is 448 g/mol. The number of aromatic nitrogens is 2. The highest BCUT2D eigenvalue weighted by Crippen LogP contribution is 2.38. The smallest absolute Gasteiger partial charge is 0.475 e. The largest absolute Gasteiger partial charge is 0.490 e. The molecule has 0 atom stereocenters. The maximum atomic E-state index is 10.6. The predicted molar refractivity (Wildman–Crippen MR) is 90.8 cm³/mol. The molecule has 3 rings (SSSR count). The summed E-state index contributed by atoms with van der Waals surface area (Å²) < 4.78 is 63.5. The molecule has 0 fully saturated rings. The highest BCUT2D eigenvalue weighted by molar-refractivity contribution is 7.19. The summed E-state index contributed by atoms with van der Waals surface area (Å²) in [6, 6.07) is 0. The van der Waals surface area contributed by atoms with Gasteiger partial charge in [0.05, 0.1) is 5.39 Å². The van der Waals surface area contributed by atoms with Crippen LogP contribution in [0.2, 0.25) is 0 Å². The number of thiophene rings is 1. The topological polar surface area (TPSA) is 138 Å². The van der Waals surface area contributed by atoms with Crippen molar-refractivity contribution in [1.29, 1.82) is 0 Å². The maximum Gasteiger partial charge on any atom is 0.490 e. The van der Waals surface area contributed by atoms with E-state index in [1.165, 1.54) is 23.3 Å². The number of alkyl halides is 6. The Balaban J connectivity index is 0.000000255. The van der Waals surface area contributed by atoms with Crippen molar-refractivity contribution in [3.63, 3.8) is 0 Å². The molecule has 1 aliphatic rings. The zero-order valence-corrected chi connectivity index (χ0v) is 15.3. The summed E-state index contributed by atoms with van der Waals surface area (Å²) in [5, 5.41) is 18.3. The van der Waals surface area contributed by atoms with Gasteiger partial charge in [0, 0.05) is 11.9 Å². The van der Waals surface area contributed by atoms with E-state index < -0.39 is 24.3 Å². The van der Waals surface area contributed by atoms with Gasteiger partial charge in [0.2, 0.25) is 5.95 Å². The van der Waals surface area contributed by atoms with Crippen LogP contribution in [0.15, 0.2) is 0 Å². The number of carbonyl (C=O) groups is 2. The molecule has 0 aliphatic heterocycles. The molecule has 15 heteroatoms. The van der Waals surface area contributed by atoms with Crippen molar-refractivity contribution in [2.24, 2.45) is 0 Å². The number of carboxylic acid groups (broad SMARTS) is 2. The van der Waals surface area contributed by atoms with Gasteiger partial charge in [-0.25, -0.2) is 14.6 Å². The van der Waals surface area contributed by atoms with E-state index in [0.717, 1.165) is 16.6 Å². The van der Waals surface area contributed by atoms with Crippen LogP contribution in [0.3, 0.4) is 0 Å². The molecule has 29 heavy (non-hydrogen) atoms. The zero-order chi connectivity index (χ0) is 22.6. The minimum atomic E-state index is -5.08. The molecule has 0 unspecified atom stereocenters. The number of nitrogens with one attached hydrogen (secondary N) is 1. The van der Waals surface area contributed by atoms with Crippen LogP contribution < -0.4 is 11.1 Å². The fourth-order valence-electron chi connectivity index (χ4n) is 2.14. The van der Waals surface area contributed by atoms with Gasteiger partial charge in [0.1, 0.15) is 10.6 Å². The molecule has 0 radical (unpaired) electrons. The first-order valence-corrected chi connectivity index (χ1v) is 8.35. The normalized spacial score (nSPS) is 12.9. The molecular weight excluding hydrogens is 434 g/mol. The lowest BCUT2D eigenvalue weighted by Gasteiger charge is -2.01. The van der Waals surface area contributed by atoms with Crippen molar-refractivity contribution >= 4 is 45.3 Å². The van der Waals surface area contributed by atoms with Crippen LogP contribution in [0.25, 0.3) is 10.2 Å². The summed E-state index contributed by atoms with van der Waals surface area (Å²) in [5.74, 6) is -4.29. The van der Waals surface area contributed by atoms with Crippen LogP contribution in [-0.2, 0) is 22.4 Å². The summed E-state index contributed by atoms with van der Waals surface area (Å²) in [4.78, 5) is 28.9. The Morgan fingerprint density at radius 1 is 1.03 bits per heavy atom. The summed E-state index contributed by atoms with van der Waals surface area (Å²) in [5.41, 5.74) is 7.35. The molecule has 2 aromatic heterocycles. The number of carboxylic acids is 2. The molecular formula is C14H14F6N4O4S. The zero-order valence-electron chi connectivity index (χ0n) is 14.5. The number of anilines is 2. The van der Waals surface area contributed by atoms with Gasteiger partial charge in [-0.05, 0) is 24.8 Å². The number of hydrogen-bond donors (Lipinski definition) is 4. The Morgan fingerprint density at radius 2 is 1.52 bits per heavy atom. The van der Waals surface area contributed by atoms with E-state index in [0.29, 0.717) is 11.8 Å². The maximum absolute atomic E-state index is 10.6. The van der Waals surface area contributed by atoms with Crippen LogP contribution >= 0.6 is 11.3 Å². The van der Waals surface area contributed by atoms with E-state index >= 15 is 0 Å². The van der Waals surface area contributed by atoms with Gasteiger partial charge in [0.25, 0.3) is 0 Å². The number of aryl methyl sites for hydroxylation is 2. The Hall–Kier alpha value is -2.84. The second-order valence-corrected chi connectivity index (χ2v) is 6.41. The van der Waals surface area contributed by atoms with E-state index in [4.69, 9.17) is 25.5 Å². The first kappa shape index (κ1) is 24.2. The number of hydrogen-bond acceptors (Lipinski definition) is 7. The van der Waals surface area contributed by atoms with Gasteiger partial charge in [-0.15, -0.1) is 11.3 Å². The van der Waals surface area contributed by atoms with Gasteiger partial charge in [-0.3, -0.25) is 0 Å². The molecule has 0 saturated carbocycles. The number of nitrogens with zero attached hydrogens (tertiary/aromatic N) is 2. The highest BCUT2D eigenvalue weighted by Gasteiger charge is 2.38. The molecule has 0 spiro atoms. The van der Waals surface area contributed by atoms with Crippen molar-refractivity contribution in [3.8, 4) is 0 Å². The molecule has 0 saturated heterocycles. The van der Waals surface area contributed by atoms with Crippen molar-refractivity contribution < 1.29 is 46.1 Å². The number of nitrogen functional groups attached to an aromatic ring is 1. The Labute approximate surface area is 162 Å². The van der Waals surface area contributed by atoms with Crippen LogP contribution in [0.5, 0.6) is 0 Å². The molecule has 5 N–H and O–H groups in total. The van der Waals surface area contributed by atoms with Crippen LogP contribution in [0.4, 0.5) is 38.1 Å². The van der Waals surface area contributed by atoms with Gasteiger partial charge in [-0.2, -0.15) is 31.3 Å². The van der Waals surface area contributed by atoms with Crippen LogP contribution in [0.1, 0.15) is 16.9 Å². The lowest BCUT2D eigenvalue weighted by molar-refractivity contribution is -0.193. The van der Waals surface area contributed by atoms with Gasteiger partial charge in [-0.1, -0.05) is 0 Å². The monoisotopic (exact) mass is 448 g/mol. The number of fused-ring (bicyclic) bond motifs is 3. The quantitative estimate of drug-likeness (QED) is 0.489. The standard InChI is InChI=1S/C10H12N4S.2C2HF3O2/c1-12-10-13-8(11)7-5-3-2-4-6(5)15-9(7)14-10;2*3-2(4,5)1(6)7/h2-4H2,1H3,(H3,11,12,13,14);2*(H,6,7). The fourth-order valence-corrected chi connectivity index (χ4v) is 3.40. The van der Waals surface area contributed by atoms with E-state index in [2.05, 4.69) is 15.3 Å². The van der Waals surface area contributed by atoms with E-state index in [1.54, 1.807) is 11.3 Å². The number of aliphatic carboxylic acids is 2. The predicted octanol–water partition coefficient (Wildman–Crippen LogP) is 3.07. The Morgan fingerprint density at radius 3 is 1.93 bits per heavy atom. The minimum absolute atomic E-state index is 0.611. The third-order valence-electron chi connectivity index (χ3n) is 3.30. The SMILES string of the molecule is CNc1nc(N)c2c3c(sc2n1)CCC3.O=C(O)C(F)(F)F.O=C(O)C(F)(F)F. The summed E-state index contributed by atoms with van der Waals surface area (Å²) in [7, 11) is 1.81. The number of nitrogens with two attached hydrogens (primary N) is 1. The number of rotatable bonds is 1. The minimum Gasteiger partial charge on any atom is -0.475 e. The van der Waals surface area contributed by atoms with Gasteiger partial charge < -0.3 is 21.3 Å². The van der Waals surface area contributed by atoms with Crippen LogP contribution in [0, 0.1) is 0 Å². The van der Waals surface area contributed by atoms with E-state index in [1.807, 2.05) is 7.05 Å². The lowest BCUT2D eigenvalue weighted by Crippen LogP contribution is -2.21. The lowest BCUT2D eigenvalue weighted by atomic mass is 10.2. The Kier molecular flexibility index (Phi) is 7.60. The molecule has 0 amide bonds. The fraction of sp³-hybridized carbons (Fsp3) is 0.429. The van der Waals surface area contributed by atoms with E-state index in [-0.39, 0.29) is 0 Å². The first-order chi connectivity index (χ1) is 13.2. The second kappa shape index (κ2) is 9.11. The Bertz CT molecular complexity index is 873. The summed E-state index contributed by atoms with van der Waals surface area (Å²) >= 11 is 1.76. The molecule has 1 aliphatic carbocycles. The second-order valence-electron chi connectivity index (χ2n) is 5.33. The molecule has 8 nitrogen and oxygen atoms in total. The number of halogens is 6. The molecule has 0 bridgehead atoms.